The molecule has 4 nitrogen and oxygen atoms in total. The maximum absolute atomic E-state index is 11.9. The molecule has 0 saturated heterocycles. The molecule has 0 bridgehead atoms. The van der Waals surface area contributed by atoms with Crippen molar-refractivity contribution >= 4 is 46.7 Å². The van der Waals surface area contributed by atoms with Crippen LogP contribution >= 0.6 is 35.1 Å². The number of hydrogen-bond donors (Lipinski definition) is 3. The van der Waals surface area contributed by atoms with Crippen molar-refractivity contribution in [2.45, 2.75) is 24.8 Å². The zero-order chi connectivity index (χ0) is 17.0. The van der Waals surface area contributed by atoms with E-state index in [1.54, 1.807) is 30.3 Å². The van der Waals surface area contributed by atoms with E-state index in [9.17, 15) is 9.90 Å². The Morgan fingerprint density at radius 2 is 1.83 bits per heavy atom. The number of amides is 1. The summed E-state index contributed by atoms with van der Waals surface area (Å²) in [5.41, 5.74) is 1.37. The highest BCUT2D eigenvalue weighted by molar-refractivity contribution is 8.00. The van der Waals surface area contributed by atoms with E-state index in [2.05, 4.69) is 10.0 Å². The topological polar surface area (TPSA) is 61.4 Å². The van der Waals surface area contributed by atoms with E-state index < -0.39 is 0 Å². The Bertz CT molecular complexity index is 706. The number of anilines is 1. The van der Waals surface area contributed by atoms with Crippen LogP contribution in [-0.4, -0.2) is 17.1 Å². The predicted octanol–water partition coefficient (Wildman–Crippen LogP) is 4.96. The van der Waals surface area contributed by atoms with Gasteiger partial charge in [0, 0.05) is 22.3 Å². The number of aromatic hydroxyl groups is 1. The lowest BCUT2D eigenvalue weighted by molar-refractivity contribution is 0.0943. The average molecular weight is 371 g/mol. The molecule has 0 heterocycles. The summed E-state index contributed by atoms with van der Waals surface area (Å²) < 4.78 is 3.07. The third kappa shape index (κ3) is 4.96. The lowest BCUT2D eigenvalue weighted by Gasteiger charge is -2.10. The first-order valence-electron chi connectivity index (χ1n) is 6.88. The van der Waals surface area contributed by atoms with Crippen molar-refractivity contribution in [3.8, 4) is 5.75 Å². The van der Waals surface area contributed by atoms with E-state index >= 15 is 0 Å². The number of halogens is 2. The Hall–Kier alpha value is -1.56. The van der Waals surface area contributed by atoms with Gasteiger partial charge in [-0.2, -0.15) is 0 Å². The lowest BCUT2D eigenvalue weighted by atomic mass is 10.2. The summed E-state index contributed by atoms with van der Waals surface area (Å²) in [6, 6.07) is 10.2. The third-order valence-corrected chi connectivity index (χ3v) is 4.21. The molecule has 23 heavy (non-hydrogen) atoms. The second-order valence-corrected chi connectivity index (χ2v) is 6.84. The predicted molar refractivity (Wildman–Crippen MR) is 96.7 cm³/mol. The molecule has 0 unspecified atom stereocenters. The van der Waals surface area contributed by atoms with Gasteiger partial charge < -0.3 is 15.1 Å². The molecule has 0 fully saturated rings. The fourth-order valence-corrected chi connectivity index (χ4v) is 3.14. The molecule has 0 aromatic heterocycles. The van der Waals surface area contributed by atoms with Gasteiger partial charge in [-0.15, -0.1) is 0 Å². The number of rotatable bonds is 5. The first-order chi connectivity index (χ1) is 10.9. The van der Waals surface area contributed by atoms with Crippen LogP contribution in [0.1, 0.15) is 24.2 Å². The molecule has 2 aromatic carbocycles. The van der Waals surface area contributed by atoms with Crippen molar-refractivity contribution in [3.05, 3.63) is 52.0 Å². The van der Waals surface area contributed by atoms with Crippen LogP contribution in [0.4, 0.5) is 5.69 Å². The molecule has 2 rings (SSSR count). The van der Waals surface area contributed by atoms with Crippen molar-refractivity contribution < 1.29 is 9.90 Å². The van der Waals surface area contributed by atoms with Crippen molar-refractivity contribution in [3.63, 3.8) is 0 Å². The molecule has 0 radical (unpaired) electrons. The van der Waals surface area contributed by atoms with E-state index in [4.69, 9.17) is 23.2 Å². The van der Waals surface area contributed by atoms with Gasteiger partial charge >= 0.3 is 0 Å². The summed E-state index contributed by atoms with van der Waals surface area (Å²) in [7, 11) is 0. The Kier molecular flexibility index (Phi) is 6.04. The van der Waals surface area contributed by atoms with Gasteiger partial charge in [0.15, 0.2) is 0 Å². The number of phenols is 1. The minimum Gasteiger partial charge on any atom is -0.505 e. The second-order valence-electron chi connectivity index (χ2n) is 5.14. The Morgan fingerprint density at radius 1 is 1.17 bits per heavy atom. The molecule has 0 aliphatic heterocycles. The minimum absolute atomic E-state index is 0.0264. The monoisotopic (exact) mass is 370 g/mol. The summed E-state index contributed by atoms with van der Waals surface area (Å²) in [6.45, 7) is 3.82. The molecule has 0 spiro atoms. The Morgan fingerprint density at radius 3 is 2.43 bits per heavy atom. The molecule has 0 aliphatic rings. The molecule has 2 aromatic rings. The van der Waals surface area contributed by atoms with Crippen LogP contribution in [0.3, 0.4) is 0 Å². The minimum atomic E-state index is -0.113. The van der Waals surface area contributed by atoms with E-state index in [0.717, 1.165) is 5.69 Å². The van der Waals surface area contributed by atoms with Crippen LogP contribution in [0.2, 0.25) is 10.0 Å². The van der Waals surface area contributed by atoms with Crippen molar-refractivity contribution in [2.24, 2.45) is 0 Å². The van der Waals surface area contributed by atoms with Gasteiger partial charge in [-0.25, -0.2) is 0 Å². The summed E-state index contributed by atoms with van der Waals surface area (Å²) in [4.78, 5) is 12.4. The number of carbonyl (C=O) groups is 1. The van der Waals surface area contributed by atoms with E-state index in [1.165, 1.54) is 18.0 Å². The Balaban J connectivity index is 2.03. The smallest absolute Gasteiger partial charge is 0.251 e. The highest BCUT2D eigenvalue weighted by atomic mass is 35.5. The zero-order valence-corrected chi connectivity index (χ0v) is 14.9. The SMILES string of the molecule is CC(C)NC(=O)c1ccc(NSc2cc(Cl)cc(Cl)c2O)cc1. The summed E-state index contributed by atoms with van der Waals surface area (Å²) >= 11 is 13.0. The maximum Gasteiger partial charge on any atom is 0.251 e. The van der Waals surface area contributed by atoms with E-state index in [-0.39, 0.29) is 22.7 Å². The molecule has 0 aliphatic carbocycles. The van der Waals surface area contributed by atoms with Crippen LogP contribution in [-0.2, 0) is 0 Å². The number of hydrogen-bond acceptors (Lipinski definition) is 4. The quantitative estimate of drug-likeness (QED) is 0.651. The fraction of sp³-hybridized carbons (Fsp3) is 0.188. The van der Waals surface area contributed by atoms with Crippen LogP contribution < -0.4 is 10.0 Å². The van der Waals surface area contributed by atoms with Crippen LogP contribution in [0.5, 0.6) is 5.75 Å². The fourth-order valence-electron chi connectivity index (χ4n) is 1.77. The summed E-state index contributed by atoms with van der Waals surface area (Å²) in [5, 5.41) is 13.4. The number of phenolic OH excluding ortho intramolecular Hbond substituents is 1. The molecule has 3 N–H and O–H groups in total. The van der Waals surface area contributed by atoms with Gasteiger partial charge in [-0.05, 0) is 62.2 Å². The normalized spacial score (nSPS) is 10.7. The summed E-state index contributed by atoms with van der Waals surface area (Å²) in [5.74, 6) is -0.139. The first kappa shape index (κ1) is 17.8. The number of nitrogens with one attached hydrogen (secondary N) is 2. The van der Waals surface area contributed by atoms with Crippen LogP contribution in [0, 0.1) is 0 Å². The maximum atomic E-state index is 11.9. The van der Waals surface area contributed by atoms with Crippen molar-refractivity contribution in [1.29, 1.82) is 0 Å². The highest BCUT2D eigenvalue weighted by Gasteiger charge is 2.10. The third-order valence-electron chi connectivity index (χ3n) is 2.84. The average Bonchev–Trinajstić information content (AvgIpc) is 2.49. The van der Waals surface area contributed by atoms with Crippen molar-refractivity contribution in [1.82, 2.24) is 5.32 Å². The van der Waals surface area contributed by atoms with Crippen LogP contribution in [0.25, 0.3) is 0 Å². The van der Waals surface area contributed by atoms with Crippen molar-refractivity contribution in [2.75, 3.05) is 4.72 Å². The van der Waals surface area contributed by atoms with E-state index in [1.807, 2.05) is 13.8 Å². The molecule has 122 valence electrons. The molecular weight excluding hydrogens is 355 g/mol. The van der Waals surface area contributed by atoms with E-state index in [0.29, 0.717) is 15.5 Å². The molecule has 1 amide bonds. The van der Waals surface area contributed by atoms with Gasteiger partial charge in [0.1, 0.15) is 5.75 Å². The molecule has 0 saturated carbocycles. The lowest BCUT2D eigenvalue weighted by Crippen LogP contribution is -2.29. The van der Waals surface area contributed by atoms with Gasteiger partial charge in [0.25, 0.3) is 5.91 Å². The van der Waals surface area contributed by atoms with Crippen LogP contribution in [0.15, 0.2) is 41.3 Å². The summed E-state index contributed by atoms with van der Waals surface area (Å²) in [6.07, 6.45) is 0. The van der Waals surface area contributed by atoms with Gasteiger partial charge in [-0.3, -0.25) is 4.79 Å². The number of carbonyl (C=O) groups excluding carboxylic acids is 1. The standard InChI is InChI=1S/C16H16Cl2N2O2S/c1-9(2)19-16(22)10-3-5-12(6-4-10)20-23-14-8-11(17)7-13(18)15(14)21/h3-9,20-21H,1-2H3,(H,19,22). The van der Waals surface area contributed by atoms with Gasteiger partial charge in [0.2, 0.25) is 0 Å². The second kappa shape index (κ2) is 7.81. The number of benzene rings is 2. The van der Waals surface area contributed by atoms with Gasteiger partial charge in [-0.1, -0.05) is 23.2 Å². The highest BCUT2D eigenvalue weighted by Crippen LogP contribution is 2.37. The Labute approximate surface area is 149 Å². The first-order valence-corrected chi connectivity index (χ1v) is 8.46. The molecular formula is C16H16Cl2N2O2S. The van der Waals surface area contributed by atoms with Gasteiger partial charge in [0.05, 0.1) is 9.92 Å². The largest absolute Gasteiger partial charge is 0.505 e. The zero-order valence-electron chi connectivity index (χ0n) is 12.6. The molecule has 7 heteroatoms. The molecule has 0 atom stereocenters.